The number of nitrogens with one attached hydrogen (secondary N) is 1. The van der Waals surface area contributed by atoms with Crippen molar-refractivity contribution in [3.8, 4) is 0 Å². The monoisotopic (exact) mass is 376 g/mol. The van der Waals surface area contributed by atoms with Crippen LogP contribution in [0.3, 0.4) is 0 Å². The van der Waals surface area contributed by atoms with Gasteiger partial charge in [-0.25, -0.2) is 4.98 Å². The van der Waals surface area contributed by atoms with Crippen molar-refractivity contribution >= 4 is 16.9 Å². The molecular weight excluding hydrogens is 348 g/mol. The van der Waals surface area contributed by atoms with E-state index in [9.17, 15) is 4.79 Å². The molecule has 146 valence electrons. The molecule has 1 saturated heterocycles. The van der Waals surface area contributed by atoms with Gasteiger partial charge < -0.3 is 14.8 Å². The third-order valence-corrected chi connectivity index (χ3v) is 5.54. The molecule has 1 fully saturated rings. The number of nitrogens with zero attached hydrogens (tertiary/aromatic N) is 3. The molecule has 0 saturated carbocycles. The molecule has 1 unspecified atom stereocenters. The summed E-state index contributed by atoms with van der Waals surface area (Å²) in [5.41, 5.74) is 3.44. The van der Waals surface area contributed by atoms with Crippen LogP contribution in [-0.4, -0.2) is 46.0 Å². The van der Waals surface area contributed by atoms with Crippen molar-refractivity contribution in [2.75, 3.05) is 19.6 Å². The Morgan fingerprint density at radius 3 is 2.79 bits per heavy atom. The van der Waals surface area contributed by atoms with Gasteiger partial charge in [0.05, 0.1) is 17.4 Å². The molecule has 28 heavy (non-hydrogen) atoms. The maximum absolute atomic E-state index is 12.5. The molecule has 0 aliphatic carbocycles. The Morgan fingerprint density at radius 2 is 1.89 bits per heavy atom. The molecule has 2 heterocycles. The van der Waals surface area contributed by atoms with Crippen LogP contribution in [0, 0.1) is 0 Å². The Balaban J connectivity index is 1.23. The van der Waals surface area contributed by atoms with Crippen LogP contribution in [0.4, 0.5) is 0 Å². The van der Waals surface area contributed by atoms with E-state index in [4.69, 9.17) is 0 Å². The lowest BCUT2D eigenvalue weighted by atomic mass is 10.0. The van der Waals surface area contributed by atoms with Gasteiger partial charge in [0.25, 0.3) is 0 Å². The highest BCUT2D eigenvalue weighted by atomic mass is 16.1. The number of hydrogen-bond acceptors (Lipinski definition) is 3. The number of aryl methyl sites for hydroxylation is 1. The van der Waals surface area contributed by atoms with E-state index in [1.54, 1.807) is 0 Å². The van der Waals surface area contributed by atoms with Crippen LogP contribution in [0.25, 0.3) is 11.0 Å². The summed E-state index contributed by atoms with van der Waals surface area (Å²) in [6.07, 6.45) is 5.59. The topological polar surface area (TPSA) is 50.2 Å². The van der Waals surface area contributed by atoms with E-state index in [-0.39, 0.29) is 11.9 Å². The lowest BCUT2D eigenvalue weighted by Crippen LogP contribution is -2.48. The molecule has 1 aliphatic rings. The molecule has 1 N–H and O–H groups in total. The van der Waals surface area contributed by atoms with Gasteiger partial charge in [0.1, 0.15) is 0 Å². The standard InChI is InChI=1S/C23H28N4O/c28-23(13-16-27-18-24-21-10-4-5-11-22(21)27)25-20-9-6-14-26(17-20)15-12-19-7-2-1-3-8-19/h1-5,7-8,10-11,18,20H,6,9,12-17H2,(H,25,28). The van der Waals surface area contributed by atoms with Crippen molar-refractivity contribution < 1.29 is 4.79 Å². The Hall–Kier alpha value is -2.66. The van der Waals surface area contributed by atoms with Crippen molar-refractivity contribution in [3.63, 3.8) is 0 Å². The molecule has 4 rings (SSSR count). The van der Waals surface area contributed by atoms with Gasteiger partial charge in [-0.3, -0.25) is 4.79 Å². The molecule has 1 aromatic heterocycles. The van der Waals surface area contributed by atoms with Crippen molar-refractivity contribution in [3.05, 3.63) is 66.5 Å². The van der Waals surface area contributed by atoms with E-state index in [0.717, 1.165) is 49.9 Å². The second-order valence-corrected chi connectivity index (χ2v) is 7.62. The van der Waals surface area contributed by atoms with Crippen LogP contribution < -0.4 is 5.32 Å². The fourth-order valence-electron chi connectivity index (χ4n) is 4.02. The lowest BCUT2D eigenvalue weighted by Gasteiger charge is -2.33. The number of rotatable bonds is 7. The van der Waals surface area contributed by atoms with E-state index in [2.05, 4.69) is 50.1 Å². The zero-order valence-electron chi connectivity index (χ0n) is 16.3. The van der Waals surface area contributed by atoms with Crippen LogP contribution in [0.1, 0.15) is 24.8 Å². The summed E-state index contributed by atoms with van der Waals surface area (Å²) < 4.78 is 2.06. The molecule has 5 heteroatoms. The molecule has 0 radical (unpaired) electrons. The van der Waals surface area contributed by atoms with Crippen LogP contribution in [0.15, 0.2) is 60.9 Å². The maximum Gasteiger partial charge on any atom is 0.222 e. The van der Waals surface area contributed by atoms with Gasteiger partial charge in [-0.2, -0.15) is 0 Å². The average Bonchev–Trinajstić information content (AvgIpc) is 3.15. The molecule has 0 spiro atoms. The molecule has 0 bridgehead atoms. The van der Waals surface area contributed by atoms with Crippen LogP contribution in [0.2, 0.25) is 0 Å². The molecule has 5 nitrogen and oxygen atoms in total. The fourth-order valence-corrected chi connectivity index (χ4v) is 4.02. The zero-order valence-corrected chi connectivity index (χ0v) is 16.3. The third-order valence-electron chi connectivity index (χ3n) is 5.54. The first-order valence-corrected chi connectivity index (χ1v) is 10.2. The van der Waals surface area contributed by atoms with Crippen molar-refractivity contribution in [2.45, 2.75) is 38.3 Å². The van der Waals surface area contributed by atoms with Crippen LogP contribution >= 0.6 is 0 Å². The number of likely N-dealkylation sites (tertiary alicyclic amines) is 1. The second-order valence-electron chi connectivity index (χ2n) is 7.62. The smallest absolute Gasteiger partial charge is 0.222 e. The minimum atomic E-state index is 0.132. The highest BCUT2D eigenvalue weighted by Gasteiger charge is 2.21. The summed E-state index contributed by atoms with van der Waals surface area (Å²) in [7, 11) is 0. The first-order chi connectivity index (χ1) is 13.8. The molecule has 2 aromatic carbocycles. The van der Waals surface area contributed by atoms with Crippen molar-refractivity contribution in [1.82, 2.24) is 19.8 Å². The molecule has 1 amide bonds. The van der Waals surface area contributed by atoms with Crippen LogP contribution in [0.5, 0.6) is 0 Å². The normalized spacial score (nSPS) is 17.6. The average molecular weight is 377 g/mol. The first-order valence-electron chi connectivity index (χ1n) is 10.2. The van der Waals surface area contributed by atoms with Gasteiger partial charge in [-0.15, -0.1) is 0 Å². The van der Waals surface area contributed by atoms with E-state index < -0.39 is 0 Å². The Labute approximate surface area is 166 Å². The number of hydrogen-bond donors (Lipinski definition) is 1. The number of amides is 1. The van der Waals surface area contributed by atoms with Gasteiger partial charge >= 0.3 is 0 Å². The van der Waals surface area contributed by atoms with Gasteiger partial charge in [0.15, 0.2) is 0 Å². The lowest BCUT2D eigenvalue weighted by molar-refractivity contribution is -0.122. The van der Waals surface area contributed by atoms with Gasteiger partial charge in [-0.1, -0.05) is 42.5 Å². The Bertz CT molecular complexity index is 905. The van der Waals surface area contributed by atoms with Crippen molar-refractivity contribution in [2.24, 2.45) is 0 Å². The van der Waals surface area contributed by atoms with E-state index >= 15 is 0 Å². The fraction of sp³-hybridized carbons (Fsp3) is 0.391. The number of aromatic nitrogens is 2. The molecule has 1 aliphatic heterocycles. The first kappa shape index (κ1) is 18.7. The quantitative estimate of drug-likeness (QED) is 0.689. The number of benzene rings is 2. The second kappa shape index (κ2) is 9.02. The minimum Gasteiger partial charge on any atom is -0.352 e. The summed E-state index contributed by atoms with van der Waals surface area (Å²) >= 11 is 0. The highest BCUT2D eigenvalue weighted by molar-refractivity contribution is 5.77. The summed E-state index contributed by atoms with van der Waals surface area (Å²) in [6, 6.07) is 18.9. The molecule has 3 aromatic rings. The van der Waals surface area contributed by atoms with E-state index in [1.807, 2.05) is 30.6 Å². The maximum atomic E-state index is 12.5. The summed E-state index contributed by atoms with van der Waals surface area (Å²) in [5, 5.41) is 3.24. The largest absolute Gasteiger partial charge is 0.352 e. The number of imidazole rings is 1. The third kappa shape index (κ3) is 4.78. The number of fused-ring (bicyclic) bond motifs is 1. The van der Waals surface area contributed by atoms with Crippen molar-refractivity contribution in [1.29, 1.82) is 0 Å². The zero-order chi connectivity index (χ0) is 19.2. The van der Waals surface area contributed by atoms with Crippen LogP contribution in [-0.2, 0) is 17.8 Å². The SMILES string of the molecule is O=C(CCn1cnc2ccccc21)NC1CCCN(CCc2ccccc2)C1. The molecular formula is C23H28N4O. The van der Waals surface area contributed by atoms with Gasteiger partial charge in [-0.05, 0) is 43.5 Å². The predicted molar refractivity (Wildman–Crippen MR) is 112 cm³/mol. The number of carbonyl (C=O) groups excluding carboxylic acids is 1. The number of piperidine rings is 1. The van der Waals surface area contributed by atoms with Gasteiger partial charge in [0.2, 0.25) is 5.91 Å². The minimum absolute atomic E-state index is 0.132. The summed E-state index contributed by atoms with van der Waals surface area (Å²) in [5.74, 6) is 0.132. The van der Waals surface area contributed by atoms with E-state index in [0.29, 0.717) is 13.0 Å². The summed E-state index contributed by atoms with van der Waals surface area (Å²) in [6.45, 7) is 3.79. The number of para-hydroxylation sites is 2. The van der Waals surface area contributed by atoms with E-state index in [1.165, 1.54) is 5.56 Å². The summed E-state index contributed by atoms with van der Waals surface area (Å²) in [4.78, 5) is 19.3. The van der Waals surface area contributed by atoms with Gasteiger partial charge in [0, 0.05) is 32.1 Å². The number of carbonyl (C=O) groups is 1. The predicted octanol–water partition coefficient (Wildman–Crippen LogP) is 3.25. The highest BCUT2D eigenvalue weighted by Crippen LogP contribution is 2.14. The Kier molecular flexibility index (Phi) is 6.02. The Morgan fingerprint density at radius 1 is 1.07 bits per heavy atom. The molecule has 1 atom stereocenters.